The first-order chi connectivity index (χ1) is 9.61. The molecule has 4 nitrogen and oxygen atoms in total. The molecule has 1 aromatic rings. The molecule has 1 amide bonds. The smallest absolute Gasteiger partial charge is 0.260 e. The maximum Gasteiger partial charge on any atom is 0.260 e. The molecule has 0 spiro atoms. The van der Waals surface area contributed by atoms with Crippen LogP contribution in [0.5, 0.6) is 5.75 Å². The van der Waals surface area contributed by atoms with Gasteiger partial charge in [0.1, 0.15) is 5.75 Å². The molecule has 0 unspecified atom stereocenters. The molecule has 0 radical (unpaired) electrons. The van der Waals surface area contributed by atoms with Gasteiger partial charge in [-0.15, -0.1) is 0 Å². The maximum absolute atomic E-state index is 12.1. The highest BCUT2D eigenvalue weighted by Crippen LogP contribution is 2.20. The van der Waals surface area contributed by atoms with E-state index in [9.17, 15) is 9.90 Å². The number of carbonyl (C=O) groups is 1. The molecule has 0 saturated carbocycles. The predicted molar refractivity (Wildman–Crippen MR) is 77.8 cm³/mol. The molecular formula is C16H23NO3. The molecule has 2 rings (SSSR count). The van der Waals surface area contributed by atoms with Gasteiger partial charge in [0.25, 0.3) is 5.91 Å². The van der Waals surface area contributed by atoms with Crippen molar-refractivity contribution in [3.8, 4) is 5.75 Å². The quantitative estimate of drug-likeness (QED) is 0.897. The lowest BCUT2D eigenvalue weighted by molar-refractivity contribution is -0.134. The molecular weight excluding hydrogens is 254 g/mol. The van der Waals surface area contributed by atoms with Gasteiger partial charge in [0, 0.05) is 6.54 Å². The number of hydrogen-bond acceptors (Lipinski definition) is 3. The lowest BCUT2D eigenvalue weighted by Crippen LogP contribution is -2.40. The number of rotatable bonds is 5. The third-order valence-electron chi connectivity index (χ3n) is 3.82. The molecule has 1 fully saturated rings. The van der Waals surface area contributed by atoms with Crippen molar-refractivity contribution in [2.75, 3.05) is 19.8 Å². The molecule has 0 bridgehead atoms. The number of carbonyl (C=O) groups excluding carboxylic acids is 1. The summed E-state index contributed by atoms with van der Waals surface area (Å²) in [4.78, 5) is 13.8. The molecule has 0 aliphatic carbocycles. The average molecular weight is 277 g/mol. The largest absolute Gasteiger partial charge is 0.484 e. The van der Waals surface area contributed by atoms with Gasteiger partial charge in [0.2, 0.25) is 0 Å². The van der Waals surface area contributed by atoms with Crippen LogP contribution in [0.2, 0.25) is 0 Å². The summed E-state index contributed by atoms with van der Waals surface area (Å²) in [6.07, 6.45) is 1.84. The van der Waals surface area contributed by atoms with Crippen LogP contribution < -0.4 is 4.74 Å². The van der Waals surface area contributed by atoms with Crippen molar-refractivity contribution in [1.29, 1.82) is 0 Å². The Kier molecular flexibility index (Phi) is 5.01. The number of amides is 1. The van der Waals surface area contributed by atoms with Crippen molar-refractivity contribution in [2.45, 2.75) is 38.6 Å². The Morgan fingerprint density at radius 3 is 2.70 bits per heavy atom. The van der Waals surface area contributed by atoms with Gasteiger partial charge < -0.3 is 14.7 Å². The number of hydrogen-bond donors (Lipinski definition) is 1. The van der Waals surface area contributed by atoms with Gasteiger partial charge in [0.05, 0.1) is 12.6 Å². The van der Waals surface area contributed by atoms with Crippen LogP contribution in [0.4, 0.5) is 0 Å². The zero-order valence-electron chi connectivity index (χ0n) is 12.2. The van der Waals surface area contributed by atoms with Crippen molar-refractivity contribution in [3.05, 3.63) is 29.8 Å². The minimum absolute atomic E-state index is 0.0329. The fourth-order valence-electron chi connectivity index (χ4n) is 2.53. The number of aliphatic hydroxyl groups is 1. The fraction of sp³-hybridized carbons (Fsp3) is 0.562. The Bertz CT molecular complexity index is 442. The van der Waals surface area contributed by atoms with Gasteiger partial charge in [-0.25, -0.2) is 0 Å². The highest BCUT2D eigenvalue weighted by atomic mass is 16.5. The molecule has 1 atom stereocenters. The van der Waals surface area contributed by atoms with Crippen LogP contribution in [0.3, 0.4) is 0 Å². The first-order valence-corrected chi connectivity index (χ1v) is 7.25. The number of nitrogens with zero attached hydrogens (tertiary/aromatic N) is 1. The van der Waals surface area contributed by atoms with Crippen LogP contribution in [0.15, 0.2) is 24.3 Å². The van der Waals surface area contributed by atoms with E-state index in [1.165, 1.54) is 5.56 Å². The Morgan fingerprint density at radius 1 is 1.40 bits per heavy atom. The topological polar surface area (TPSA) is 49.8 Å². The van der Waals surface area contributed by atoms with Gasteiger partial charge >= 0.3 is 0 Å². The normalized spacial score (nSPS) is 18.6. The summed E-state index contributed by atoms with van der Waals surface area (Å²) in [5.41, 5.74) is 1.25. The molecule has 1 N–H and O–H groups in total. The van der Waals surface area contributed by atoms with E-state index in [2.05, 4.69) is 13.8 Å². The van der Waals surface area contributed by atoms with Gasteiger partial charge in [0.15, 0.2) is 6.61 Å². The third kappa shape index (κ3) is 3.51. The highest BCUT2D eigenvalue weighted by molar-refractivity contribution is 5.78. The van der Waals surface area contributed by atoms with E-state index >= 15 is 0 Å². The highest BCUT2D eigenvalue weighted by Gasteiger charge is 2.28. The van der Waals surface area contributed by atoms with Crippen molar-refractivity contribution in [2.24, 2.45) is 0 Å². The van der Waals surface area contributed by atoms with E-state index in [1.807, 2.05) is 24.3 Å². The van der Waals surface area contributed by atoms with E-state index in [0.717, 1.165) is 19.4 Å². The summed E-state index contributed by atoms with van der Waals surface area (Å²) in [5, 5.41) is 9.22. The van der Waals surface area contributed by atoms with Gasteiger partial charge in [-0.2, -0.15) is 0 Å². The third-order valence-corrected chi connectivity index (χ3v) is 3.82. The summed E-state index contributed by atoms with van der Waals surface area (Å²) in [7, 11) is 0. The van der Waals surface area contributed by atoms with Crippen LogP contribution in [0.1, 0.15) is 38.2 Å². The molecule has 1 aliphatic heterocycles. The summed E-state index contributed by atoms with van der Waals surface area (Å²) < 4.78 is 5.53. The monoisotopic (exact) mass is 277 g/mol. The van der Waals surface area contributed by atoms with Crippen LogP contribution in [-0.4, -0.2) is 41.7 Å². The van der Waals surface area contributed by atoms with Gasteiger partial charge in [-0.3, -0.25) is 4.79 Å². The molecule has 0 aromatic heterocycles. The molecule has 1 heterocycles. The van der Waals surface area contributed by atoms with E-state index in [4.69, 9.17) is 4.74 Å². The molecule has 1 aliphatic rings. The second kappa shape index (κ2) is 6.75. The lowest BCUT2D eigenvalue weighted by Gasteiger charge is -2.23. The number of aliphatic hydroxyl groups excluding tert-OH is 1. The Balaban J connectivity index is 1.87. The summed E-state index contributed by atoms with van der Waals surface area (Å²) in [5.74, 6) is 1.15. The average Bonchev–Trinajstić information content (AvgIpc) is 2.93. The van der Waals surface area contributed by atoms with Crippen molar-refractivity contribution in [1.82, 2.24) is 4.90 Å². The second-order valence-corrected chi connectivity index (χ2v) is 5.58. The summed E-state index contributed by atoms with van der Waals surface area (Å²) >= 11 is 0. The number of likely N-dealkylation sites (tertiary alicyclic amines) is 1. The molecule has 1 saturated heterocycles. The molecule has 20 heavy (non-hydrogen) atoms. The van der Waals surface area contributed by atoms with E-state index < -0.39 is 0 Å². The fourth-order valence-corrected chi connectivity index (χ4v) is 2.53. The van der Waals surface area contributed by atoms with E-state index in [-0.39, 0.29) is 25.2 Å². The number of ether oxygens (including phenoxy) is 1. The van der Waals surface area contributed by atoms with Crippen LogP contribution in [-0.2, 0) is 4.79 Å². The SMILES string of the molecule is CC(C)c1ccc(OCC(=O)N2CCC[C@@H]2CO)cc1. The molecule has 1 aromatic carbocycles. The van der Waals surface area contributed by atoms with Crippen LogP contribution >= 0.6 is 0 Å². The minimum Gasteiger partial charge on any atom is -0.484 e. The van der Waals surface area contributed by atoms with Crippen LogP contribution in [0.25, 0.3) is 0 Å². The summed E-state index contributed by atoms with van der Waals surface area (Å²) in [6.45, 7) is 5.08. The Morgan fingerprint density at radius 2 is 2.10 bits per heavy atom. The van der Waals surface area contributed by atoms with E-state index in [0.29, 0.717) is 11.7 Å². The van der Waals surface area contributed by atoms with Crippen molar-refractivity contribution in [3.63, 3.8) is 0 Å². The lowest BCUT2D eigenvalue weighted by atomic mass is 10.0. The van der Waals surface area contributed by atoms with Gasteiger partial charge in [-0.05, 0) is 36.5 Å². The zero-order valence-corrected chi connectivity index (χ0v) is 12.2. The first kappa shape index (κ1) is 14.9. The zero-order chi connectivity index (χ0) is 14.5. The number of benzene rings is 1. The Hall–Kier alpha value is -1.55. The van der Waals surface area contributed by atoms with Gasteiger partial charge in [-0.1, -0.05) is 26.0 Å². The maximum atomic E-state index is 12.1. The molecule has 4 heteroatoms. The second-order valence-electron chi connectivity index (χ2n) is 5.58. The predicted octanol–water partition coefficient (Wildman–Crippen LogP) is 2.17. The Labute approximate surface area is 120 Å². The first-order valence-electron chi connectivity index (χ1n) is 7.25. The van der Waals surface area contributed by atoms with Crippen molar-refractivity contribution >= 4 is 5.91 Å². The minimum atomic E-state index is -0.0468. The molecule has 110 valence electrons. The standard InChI is InChI=1S/C16H23NO3/c1-12(2)13-5-7-15(8-6-13)20-11-16(19)17-9-3-4-14(17)10-18/h5-8,12,14,18H,3-4,9-11H2,1-2H3/t14-/m1/s1. The summed E-state index contributed by atoms with van der Waals surface area (Å²) in [6, 6.07) is 7.81. The van der Waals surface area contributed by atoms with E-state index in [1.54, 1.807) is 4.90 Å². The van der Waals surface area contributed by atoms with Crippen LogP contribution in [0, 0.1) is 0 Å². The van der Waals surface area contributed by atoms with Crippen molar-refractivity contribution < 1.29 is 14.6 Å².